The Morgan fingerprint density at radius 2 is 1.65 bits per heavy atom. The number of nitro benzene ring substituents is 2. The Labute approximate surface area is 129 Å². The Kier molecular flexibility index (Phi) is 4.46. The van der Waals surface area contributed by atoms with E-state index in [4.69, 9.17) is 0 Å². The van der Waals surface area contributed by atoms with Gasteiger partial charge in [0.15, 0.2) is 11.5 Å². The summed E-state index contributed by atoms with van der Waals surface area (Å²) in [6, 6.07) is 8.88. The zero-order valence-corrected chi connectivity index (χ0v) is 11.6. The van der Waals surface area contributed by atoms with Gasteiger partial charge in [-0.1, -0.05) is 6.08 Å². The van der Waals surface area contributed by atoms with E-state index in [1.54, 1.807) is 0 Å². The highest BCUT2D eigenvalue weighted by atomic mass is 16.6. The topological polar surface area (TPSA) is 124 Å². The van der Waals surface area contributed by atoms with Crippen LogP contribution in [-0.4, -0.2) is 20.7 Å². The SMILES string of the molecule is O=C(C=Cc1ccc([N+](=O)[O-])cc1)c1ccc(O)c([N+](=O)[O-])c1. The number of non-ortho nitro benzene ring substituents is 1. The molecular formula is C15H10N2O6. The minimum absolute atomic E-state index is 0.0488. The van der Waals surface area contributed by atoms with Gasteiger partial charge in [-0.2, -0.15) is 0 Å². The minimum Gasteiger partial charge on any atom is -0.502 e. The van der Waals surface area contributed by atoms with Crippen LogP contribution in [0.1, 0.15) is 15.9 Å². The number of aromatic hydroxyl groups is 1. The smallest absolute Gasteiger partial charge is 0.311 e. The van der Waals surface area contributed by atoms with E-state index in [1.165, 1.54) is 42.5 Å². The fourth-order valence-corrected chi connectivity index (χ4v) is 1.80. The summed E-state index contributed by atoms with van der Waals surface area (Å²) in [5, 5.41) is 30.6. The van der Waals surface area contributed by atoms with Gasteiger partial charge >= 0.3 is 5.69 Å². The molecule has 0 saturated carbocycles. The second-order valence-electron chi connectivity index (χ2n) is 4.51. The minimum atomic E-state index is -0.786. The number of carbonyl (C=O) groups is 1. The van der Waals surface area contributed by atoms with Crippen LogP contribution in [0.3, 0.4) is 0 Å². The van der Waals surface area contributed by atoms with E-state index >= 15 is 0 Å². The summed E-state index contributed by atoms with van der Waals surface area (Å²) in [4.78, 5) is 31.9. The predicted octanol–water partition coefficient (Wildman–Crippen LogP) is 3.10. The summed E-state index contributed by atoms with van der Waals surface area (Å²) >= 11 is 0. The maximum Gasteiger partial charge on any atom is 0.311 e. The molecule has 2 aromatic carbocycles. The standard InChI is InChI=1S/C15H10N2O6/c18-14(11-4-8-15(19)13(9-11)17(22)23)7-3-10-1-5-12(6-2-10)16(20)21/h1-9,19H. The van der Waals surface area contributed by atoms with Gasteiger partial charge in [-0.25, -0.2) is 0 Å². The highest BCUT2D eigenvalue weighted by Crippen LogP contribution is 2.26. The number of nitro groups is 2. The number of benzene rings is 2. The third-order valence-corrected chi connectivity index (χ3v) is 2.99. The molecule has 0 aliphatic heterocycles. The van der Waals surface area contributed by atoms with E-state index in [1.807, 2.05) is 0 Å². The number of phenols is 1. The molecule has 0 spiro atoms. The Bertz CT molecular complexity index is 811. The first-order chi connectivity index (χ1) is 10.9. The van der Waals surface area contributed by atoms with Crippen LogP contribution in [0.15, 0.2) is 48.5 Å². The molecule has 0 heterocycles. The molecule has 0 amide bonds. The number of allylic oxidation sites excluding steroid dienone is 1. The van der Waals surface area contributed by atoms with Gasteiger partial charge in [0.2, 0.25) is 0 Å². The Hall–Kier alpha value is -3.55. The lowest BCUT2D eigenvalue weighted by Crippen LogP contribution is -1.97. The molecule has 0 aromatic heterocycles. The Morgan fingerprint density at radius 3 is 2.22 bits per heavy atom. The number of carbonyl (C=O) groups excluding carboxylic acids is 1. The zero-order chi connectivity index (χ0) is 17.0. The molecule has 0 fully saturated rings. The molecule has 0 aliphatic rings. The number of nitrogens with zero attached hydrogens (tertiary/aromatic N) is 2. The van der Waals surface area contributed by atoms with Crippen molar-refractivity contribution in [1.82, 2.24) is 0 Å². The van der Waals surface area contributed by atoms with Crippen molar-refractivity contribution >= 4 is 23.2 Å². The maximum atomic E-state index is 12.0. The average Bonchev–Trinajstić information content (AvgIpc) is 2.53. The fraction of sp³-hybridized carbons (Fsp3) is 0. The molecule has 8 heteroatoms. The largest absolute Gasteiger partial charge is 0.502 e. The van der Waals surface area contributed by atoms with Crippen molar-refractivity contribution in [2.75, 3.05) is 0 Å². The zero-order valence-electron chi connectivity index (χ0n) is 11.6. The van der Waals surface area contributed by atoms with E-state index in [0.717, 1.165) is 12.1 Å². The molecule has 0 aliphatic carbocycles. The van der Waals surface area contributed by atoms with E-state index in [-0.39, 0.29) is 11.3 Å². The summed E-state index contributed by atoms with van der Waals surface area (Å²) in [5.74, 6) is -1.02. The molecule has 0 bridgehead atoms. The first kappa shape index (κ1) is 15.8. The molecule has 0 atom stereocenters. The van der Waals surface area contributed by atoms with Crippen molar-refractivity contribution < 1.29 is 19.7 Å². The Morgan fingerprint density at radius 1 is 1.00 bits per heavy atom. The molecule has 0 radical (unpaired) electrons. The van der Waals surface area contributed by atoms with Gasteiger partial charge < -0.3 is 5.11 Å². The average molecular weight is 314 g/mol. The second-order valence-corrected chi connectivity index (χ2v) is 4.51. The van der Waals surface area contributed by atoms with Crippen molar-refractivity contribution in [3.63, 3.8) is 0 Å². The maximum absolute atomic E-state index is 12.0. The number of hydrogen-bond acceptors (Lipinski definition) is 6. The van der Waals surface area contributed by atoms with Crippen LogP contribution in [0.4, 0.5) is 11.4 Å². The van der Waals surface area contributed by atoms with E-state index in [0.29, 0.717) is 5.56 Å². The van der Waals surface area contributed by atoms with E-state index in [9.17, 15) is 30.1 Å². The number of ketones is 1. The normalized spacial score (nSPS) is 10.6. The molecule has 116 valence electrons. The molecule has 8 nitrogen and oxygen atoms in total. The van der Waals surface area contributed by atoms with E-state index < -0.39 is 27.1 Å². The first-order valence-electron chi connectivity index (χ1n) is 6.33. The van der Waals surface area contributed by atoms with Crippen LogP contribution < -0.4 is 0 Å². The van der Waals surface area contributed by atoms with Crippen molar-refractivity contribution in [2.24, 2.45) is 0 Å². The fourth-order valence-electron chi connectivity index (χ4n) is 1.80. The molecule has 2 rings (SSSR count). The third kappa shape index (κ3) is 3.76. The van der Waals surface area contributed by atoms with Gasteiger partial charge in [0, 0.05) is 23.8 Å². The lowest BCUT2D eigenvalue weighted by molar-refractivity contribution is -0.385. The van der Waals surface area contributed by atoms with Crippen LogP contribution in [0.25, 0.3) is 6.08 Å². The lowest BCUT2D eigenvalue weighted by Gasteiger charge is -1.99. The van der Waals surface area contributed by atoms with E-state index in [2.05, 4.69) is 0 Å². The first-order valence-corrected chi connectivity index (χ1v) is 6.33. The van der Waals surface area contributed by atoms with Crippen molar-refractivity contribution in [3.8, 4) is 5.75 Å². The third-order valence-electron chi connectivity index (χ3n) is 2.99. The lowest BCUT2D eigenvalue weighted by atomic mass is 10.1. The van der Waals surface area contributed by atoms with Crippen LogP contribution in [0, 0.1) is 20.2 Å². The summed E-state index contributed by atoms with van der Waals surface area (Å²) in [5.41, 5.74) is -0.00730. The van der Waals surface area contributed by atoms with Gasteiger partial charge in [0.1, 0.15) is 0 Å². The molecule has 23 heavy (non-hydrogen) atoms. The second kappa shape index (κ2) is 6.48. The quantitative estimate of drug-likeness (QED) is 0.391. The molecular weight excluding hydrogens is 304 g/mol. The van der Waals surface area contributed by atoms with Gasteiger partial charge in [-0.3, -0.25) is 25.0 Å². The highest BCUT2D eigenvalue weighted by Gasteiger charge is 2.15. The van der Waals surface area contributed by atoms with Gasteiger partial charge in [0.25, 0.3) is 5.69 Å². The molecule has 2 aromatic rings. The van der Waals surface area contributed by atoms with Crippen molar-refractivity contribution in [3.05, 3.63) is 79.9 Å². The summed E-state index contributed by atoms with van der Waals surface area (Å²) in [7, 11) is 0. The van der Waals surface area contributed by atoms with Crippen LogP contribution in [-0.2, 0) is 0 Å². The molecule has 1 N–H and O–H groups in total. The van der Waals surface area contributed by atoms with Crippen molar-refractivity contribution in [2.45, 2.75) is 0 Å². The highest BCUT2D eigenvalue weighted by molar-refractivity contribution is 6.07. The number of phenolic OH excluding ortho intramolecular Hbond substituents is 1. The number of hydrogen-bond donors (Lipinski definition) is 1. The summed E-state index contributed by atoms with van der Waals surface area (Å²) in [6.45, 7) is 0. The predicted molar refractivity (Wildman–Crippen MR) is 81.2 cm³/mol. The molecule has 0 saturated heterocycles. The summed E-state index contributed by atoms with van der Waals surface area (Å²) in [6.07, 6.45) is 2.63. The molecule has 0 unspecified atom stereocenters. The summed E-state index contributed by atoms with van der Waals surface area (Å²) < 4.78 is 0. The monoisotopic (exact) mass is 314 g/mol. The van der Waals surface area contributed by atoms with Crippen LogP contribution in [0.2, 0.25) is 0 Å². The number of rotatable bonds is 5. The van der Waals surface area contributed by atoms with Gasteiger partial charge in [-0.05, 0) is 35.9 Å². The van der Waals surface area contributed by atoms with Gasteiger partial charge in [0.05, 0.1) is 9.85 Å². The van der Waals surface area contributed by atoms with Crippen LogP contribution in [0.5, 0.6) is 5.75 Å². The Balaban J connectivity index is 2.19. The van der Waals surface area contributed by atoms with Crippen LogP contribution >= 0.6 is 0 Å². The van der Waals surface area contributed by atoms with Crippen molar-refractivity contribution in [1.29, 1.82) is 0 Å². The van der Waals surface area contributed by atoms with Gasteiger partial charge in [-0.15, -0.1) is 0 Å².